The highest BCUT2D eigenvalue weighted by atomic mass is 19.3. The van der Waals surface area contributed by atoms with Crippen LogP contribution in [0.3, 0.4) is 0 Å². The molecule has 1 N–H and O–H groups in total. The van der Waals surface area contributed by atoms with Crippen molar-refractivity contribution >= 4 is 5.91 Å². The lowest BCUT2D eigenvalue weighted by Gasteiger charge is -2.56. The van der Waals surface area contributed by atoms with Crippen molar-refractivity contribution in [3.8, 4) is 5.75 Å². The molecule has 1 aromatic rings. The normalized spacial score (nSPS) is 32.8. The van der Waals surface area contributed by atoms with Crippen molar-refractivity contribution in [1.82, 2.24) is 5.32 Å². The molecule has 5 heteroatoms. The van der Waals surface area contributed by atoms with Gasteiger partial charge < -0.3 is 10.1 Å². The molecule has 136 valence electrons. The van der Waals surface area contributed by atoms with Crippen LogP contribution in [-0.4, -0.2) is 19.1 Å². The van der Waals surface area contributed by atoms with Gasteiger partial charge in [-0.15, -0.1) is 0 Å². The zero-order valence-electron chi connectivity index (χ0n) is 14.3. The topological polar surface area (TPSA) is 38.3 Å². The van der Waals surface area contributed by atoms with Crippen LogP contribution in [0.2, 0.25) is 0 Å². The van der Waals surface area contributed by atoms with Gasteiger partial charge in [-0.2, -0.15) is 8.78 Å². The van der Waals surface area contributed by atoms with E-state index in [1.165, 1.54) is 50.7 Å². The monoisotopic (exact) mass is 349 g/mol. The molecule has 3 nitrogen and oxygen atoms in total. The number of benzene rings is 1. The fraction of sp³-hybridized carbons (Fsp3) is 0.650. The predicted molar refractivity (Wildman–Crippen MR) is 90.4 cm³/mol. The average Bonchev–Trinajstić information content (AvgIpc) is 2.53. The highest BCUT2D eigenvalue weighted by molar-refractivity contribution is 5.78. The second-order valence-corrected chi connectivity index (χ2v) is 8.39. The Labute approximate surface area is 147 Å². The molecule has 0 radical (unpaired) electrons. The molecule has 0 unspecified atom stereocenters. The zero-order valence-corrected chi connectivity index (χ0v) is 14.3. The van der Waals surface area contributed by atoms with E-state index in [0.29, 0.717) is 5.41 Å². The summed E-state index contributed by atoms with van der Waals surface area (Å²) in [7, 11) is 0. The number of hydrogen-bond donors (Lipinski definition) is 1. The number of hydrogen-bond acceptors (Lipinski definition) is 2. The van der Waals surface area contributed by atoms with Crippen LogP contribution in [0.25, 0.3) is 0 Å². The van der Waals surface area contributed by atoms with Crippen molar-refractivity contribution in [3.05, 3.63) is 29.8 Å². The maximum atomic E-state index is 12.3. The summed E-state index contributed by atoms with van der Waals surface area (Å²) in [4.78, 5) is 12.3. The van der Waals surface area contributed by atoms with Crippen LogP contribution in [0.15, 0.2) is 24.3 Å². The van der Waals surface area contributed by atoms with Crippen LogP contribution in [0, 0.1) is 23.2 Å². The smallest absolute Gasteiger partial charge is 0.387 e. The van der Waals surface area contributed by atoms with Gasteiger partial charge >= 0.3 is 6.61 Å². The molecular weight excluding hydrogens is 324 g/mol. The zero-order chi connectivity index (χ0) is 17.4. The van der Waals surface area contributed by atoms with Crippen LogP contribution >= 0.6 is 0 Å². The number of amides is 1. The third kappa shape index (κ3) is 3.80. The fourth-order valence-electron chi connectivity index (χ4n) is 5.83. The molecule has 0 atom stereocenters. The van der Waals surface area contributed by atoms with Crippen LogP contribution in [0.4, 0.5) is 8.78 Å². The Balaban J connectivity index is 1.29. The number of nitrogens with one attached hydrogen (secondary N) is 1. The molecule has 1 amide bonds. The third-order valence-corrected chi connectivity index (χ3v) is 6.34. The Hall–Kier alpha value is -1.65. The second kappa shape index (κ2) is 6.58. The van der Waals surface area contributed by atoms with Gasteiger partial charge in [0, 0.05) is 6.54 Å². The molecular formula is C20H25F2NO2. The van der Waals surface area contributed by atoms with E-state index in [1.54, 1.807) is 12.1 Å². The van der Waals surface area contributed by atoms with Gasteiger partial charge in [0.15, 0.2) is 0 Å². The molecule has 4 saturated carbocycles. The van der Waals surface area contributed by atoms with Crippen LogP contribution in [0.5, 0.6) is 5.75 Å². The second-order valence-electron chi connectivity index (χ2n) is 8.39. The summed E-state index contributed by atoms with van der Waals surface area (Å²) in [5, 5.41) is 3.14. The van der Waals surface area contributed by atoms with Crippen LogP contribution in [0.1, 0.15) is 44.1 Å². The van der Waals surface area contributed by atoms with Crippen molar-refractivity contribution in [2.24, 2.45) is 23.2 Å². The van der Waals surface area contributed by atoms with Crippen molar-refractivity contribution in [2.45, 2.75) is 51.6 Å². The molecule has 1 aromatic carbocycles. The van der Waals surface area contributed by atoms with Gasteiger partial charge in [0.1, 0.15) is 5.75 Å². The van der Waals surface area contributed by atoms with Crippen molar-refractivity contribution < 1.29 is 18.3 Å². The molecule has 4 bridgehead atoms. The van der Waals surface area contributed by atoms with Gasteiger partial charge in [-0.05, 0) is 79.4 Å². The third-order valence-electron chi connectivity index (χ3n) is 6.34. The highest BCUT2D eigenvalue weighted by Gasteiger charge is 2.50. The minimum atomic E-state index is -2.82. The van der Waals surface area contributed by atoms with E-state index in [1.807, 2.05) is 0 Å². The maximum Gasteiger partial charge on any atom is 0.387 e. The Morgan fingerprint density at radius 3 is 2.16 bits per heavy atom. The van der Waals surface area contributed by atoms with Crippen molar-refractivity contribution in [1.29, 1.82) is 0 Å². The standard InChI is InChI=1S/C20H25F2NO2/c21-19(22)25-17-3-1-13(2-4-17)8-18(24)23-12-20-9-14-5-15(10-20)7-16(6-14)11-20/h1-4,14-16,19H,5-12H2,(H,23,24). The number of carbonyl (C=O) groups is 1. The Bertz CT molecular complexity index is 594. The largest absolute Gasteiger partial charge is 0.435 e. The van der Waals surface area contributed by atoms with Gasteiger partial charge in [-0.25, -0.2) is 0 Å². The summed E-state index contributed by atoms with van der Waals surface area (Å²) < 4.78 is 28.6. The summed E-state index contributed by atoms with van der Waals surface area (Å²) in [5.41, 5.74) is 1.14. The number of halogens is 2. The fourth-order valence-corrected chi connectivity index (χ4v) is 5.83. The summed E-state index contributed by atoms with van der Waals surface area (Å²) in [6, 6.07) is 6.30. The summed E-state index contributed by atoms with van der Waals surface area (Å²) in [5.74, 6) is 2.77. The Morgan fingerprint density at radius 2 is 1.64 bits per heavy atom. The van der Waals surface area contributed by atoms with E-state index in [0.717, 1.165) is 29.9 Å². The first-order chi connectivity index (χ1) is 12.0. The molecule has 4 fully saturated rings. The molecule has 4 aliphatic carbocycles. The number of ether oxygens (including phenoxy) is 1. The van der Waals surface area contributed by atoms with E-state index in [9.17, 15) is 13.6 Å². The van der Waals surface area contributed by atoms with E-state index >= 15 is 0 Å². The molecule has 5 rings (SSSR count). The van der Waals surface area contributed by atoms with E-state index in [2.05, 4.69) is 10.1 Å². The maximum absolute atomic E-state index is 12.3. The molecule has 0 aliphatic heterocycles. The molecule has 4 aliphatic rings. The lowest BCUT2D eigenvalue weighted by molar-refractivity contribution is -0.122. The first kappa shape index (κ1) is 16.8. The first-order valence-electron chi connectivity index (χ1n) is 9.30. The SMILES string of the molecule is O=C(Cc1ccc(OC(F)F)cc1)NCC12CC3CC(CC(C3)C1)C2. The lowest BCUT2D eigenvalue weighted by atomic mass is 9.49. The Morgan fingerprint density at radius 1 is 1.08 bits per heavy atom. The number of carbonyl (C=O) groups excluding carboxylic acids is 1. The predicted octanol–water partition coefficient (Wildman–Crippen LogP) is 4.16. The van der Waals surface area contributed by atoms with Crippen LogP contribution in [-0.2, 0) is 11.2 Å². The molecule has 0 spiro atoms. The molecule has 0 saturated heterocycles. The average molecular weight is 349 g/mol. The van der Waals surface area contributed by atoms with Gasteiger partial charge in [-0.3, -0.25) is 4.79 Å². The minimum absolute atomic E-state index is 0.0123. The minimum Gasteiger partial charge on any atom is -0.435 e. The lowest BCUT2D eigenvalue weighted by Crippen LogP contribution is -2.51. The quantitative estimate of drug-likeness (QED) is 0.837. The van der Waals surface area contributed by atoms with Crippen LogP contribution < -0.4 is 10.1 Å². The van der Waals surface area contributed by atoms with Gasteiger partial charge in [0.2, 0.25) is 5.91 Å². The summed E-state index contributed by atoms with van der Waals surface area (Å²) in [6.07, 6.45) is 8.32. The highest BCUT2D eigenvalue weighted by Crippen LogP contribution is 2.59. The van der Waals surface area contributed by atoms with Gasteiger partial charge in [0.05, 0.1) is 6.42 Å². The summed E-state index contributed by atoms with van der Waals surface area (Å²) >= 11 is 0. The van der Waals surface area contributed by atoms with E-state index in [4.69, 9.17) is 0 Å². The van der Waals surface area contributed by atoms with E-state index in [-0.39, 0.29) is 18.1 Å². The Kier molecular flexibility index (Phi) is 4.42. The number of alkyl halides is 2. The van der Waals surface area contributed by atoms with Crippen molar-refractivity contribution in [3.63, 3.8) is 0 Å². The van der Waals surface area contributed by atoms with Crippen molar-refractivity contribution in [2.75, 3.05) is 6.54 Å². The number of rotatable bonds is 6. The summed E-state index contributed by atoms with van der Waals surface area (Å²) in [6.45, 7) is -2.03. The van der Waals surface area contributed by atoms with Gasteiger partial charge in [-0.1, -0.05) is 12.1 Å². The first-order valence-corrected chi connectivity index (χ1v) is 9.30. The molecule has 0 heterocycles. The molecule has 25 heavy (non-hydrogen) atoms. The molecule has 0 aromatic heterocycles. The van der Waals surface area contributed by atoms with Gasteiger partial charge in [0.25, 0.3) is 0 Å². The van der Waals surface area contributed by atoms with E-state index < -0.39 is 6.61 Å².